The minimum Gasteiger partial charge on any atom is -0.598 e. The number of nitrogens with one attached hydrogen (secondary N) is 1. The molecule has 0 amide bonds. The Morgan fingerprint density at radius 2 is 1.80 bits per heavy atom. The van der Waals surface area contributed by atoms with Gasteiger partial charge in [0, 0.05) is 42.7 Å². The molecule has 0 saturated heterocycles. The number of fused-ring (bicyclic) bond motifs is 1. The molecule has 35 heavy (non-hydrogen) atoms. The number of nitrogens with zero attached hydrogens (tertiary/aromatic N) is 1. The molecule has 0 aliphatic carbocycles. The molecule has 0 saturated carbocycles. The molecular formula is C27H28BrFN2O2S2. The lowest BCUT2D eigenvalue weighted by atomic mass is 9.97. The van der Waals surface area contributed by atoms with Crippen LogP contribution in [0.1, 0.15) is 56.7 Å². The summed E-state index contributed by atoms with van der Waals surface area (Å²) in [6.45, 7) is 9.14. The quantitative estimate of drug-likeness (QED) is 0.238. The Bertz CT molecular complexity index is 1340. The van der Waals surface area contributed by atoms with Crippen LogP contribution in [0.4, 0.5) is 4.39 Å². The van der Waals surface area contributed by atoms with Crippen LogP contribution >= 0.6 is 27.3 Å². The number of hydrogen-bond donors (Lipinski definition) is 2. The lowest BCUT2D eigenvalue weighted by molar-refractivity contribution is 0.0785. The van der Waals surface area contributed by atoms with E-state index in [1.54, 1.807) is 38.2 Å². The maximum atomic E-state index is 15.1. The number of halogens is 2. The predicted octanol–water partition coefficient (Wildman–Crippen LogP) is 7.23. The third-order valence-corrected chi connectivity index (χ3v) is 9.16. The molecule has 0 spiro atoms. The molecule has 2 aromatic carbocycles. The first kappa shape index (κ1) is 26.3. The zero-order valence-corrected chi connectivity index (χ0v) is 23.4. The number of hydrogen-bond acceptors (Lipinski definition) is 5. The smallest absolute Gasteiger partial charge is 0.136 e. The number of aliphatic hydroxyl groups is 1. The standard InChI is InChI=1S/C27H28BrFN2O2S2/c1-26(2,3)35(33)31-24(23-19(28)10-7-11-20(23)29)22-14-16-8-6-9-18(25(16)34-22)21-15-17(12-13-30-21)27(4,5)32/h6-15,24,31-32H,1-5H3/t24-,35?/m0/s1. The van der Waals surface area contributed by atoms with E-state index in [1.165, 1.54) is 17.4 Å². The van der Waals surface area contributed by atoms with Crippen molar-refractivity contribution in [3.63, 3.8) is 0 Å². The van der Waals surface area contributed by atoms with Gasteiger partial charge in [0.1, 0.15) is 16.6 Å². The number of aromatic nitrogens is 1. The Labute approximate surface area is 221 Å². The summed E-state index contributed by atoms with van der Waals surface area (Å²) in [4.78, 5) is 5.40. The summed E-state index contributed by atoms with van der Waals surface area (Å²) in [6.07, 6.45) is 1.70. The fourth-order valence-electron chi connectivity index (χ4n) is 3.71. The second kappa shape index (κ2) is 9.92. The van der Waals surface area contributed by atoms with Crippen LogP contribution in [0, 0.1) is 5.82 Å². The highest BCUT2D eigenvalue weighted by atomic mass is 79.9. The lowest BCUT2D eigenvalue weighted by Gasteiger charge is -2.28. The first-order chi connectivity index (χ1) is 16.4. The SMILES string of the molecule is CC(C)(O)c1ccnc(-c2cccc3cc([C@H](N[S+]([O-])C(C)(C)C)c4c(F)cccc4Br)sc23)c1. The van der Waals surface area contributed by atoms with E-state index in [1.807, 2.05) is 51.1 Å². The van der Waals surface area contributed by atoms with Gasteiger partial charge in [0.25, 0.3) is 0 Å². The molecule has 1 unspecified atom stereocenters. The predicted molar refractivity (Wildman–Crippen MR) is 147 cm³/mol. The van der Waals surface area contributed by atoms with E-state index < -0.39 is 27.8 Å². The molecule has 0 aliphatic heterocycles. The van der Waals surface area contributed by atoms with Crippen molar-refractivity contribution in [1.82, 2.24) is 9.71 Å². The normalized spacial score (nSPS) is 14.3. The largest absolute Gasteiger partial charge is 0.598 e. The van der Waals surface area contributed by atoms with Crippen LogP contribution in [0.25, 0.3) is 21.3 Å². The molecule has 2 N–H and O–H groups in total. The summed E-state index contributed by atoms with van der Waals surface area (Å²) in [6, 6.07) is 15.9. The molecule has 2 aromatic heterocycles. The Kier molecular flexibility index (Phi) is 7.44. The van der Waals surface area contributed by atoms with Crippen LogP contribution in [-0.4, -0.2) is 19.4 Å². The first-order valence-corrected chi connectivity index (χ1v) is 14.0. The highest BCUT2D eigenvalue weighted by molar-refractivity contribution is 9.10. The Morgan fingerprint density at radius 1 is 1.09 bits per heavy atom. The number of thiophene rings is 1. The molecule has 0 fully saturated rings. The Balaban J connectivity index is 1.87. The topological polar surface area (TPSA) is 68.2 Å². The summed E-state index contributed by atoms with van der Waals surface area (Å²) in [5.41, 5.74) is 1.87. The Hall–Kier alpha value is -1.81. The van der Waals surface area contributed by atoms with E-state index in [-0.39, 0.29) is 5.82 Å². The molecule has 0 radical (unpaired) electrons. The zero-order valence-electron chi connectivity index (χ0n) is 20.2. The molecule has 4 nitrogen and oxygen atoms in total. The minimum atomic E-state index is -1.43. The van der Waals surface area contributed by atoms with Gasteiger partial charge in [-0.3, -0.25) is 4.98 Å². The molecule has 184 valence electrons. The van der Waals surface area contributed by atoms with Gasteiger partial charge in [-0.05, 0) is 75.9 Å². The van der Waals surface area contributed by atoms with Crippen molar-refractivity contribution in [2.45, 2.75) is 51.0 Å². The molecule has 4 aromatic rings. The van der Waals surface area contributed by atoms with Crippen LogP contribution in [0.3, 0.4) is 0 Å². The minimum absolute atomic E-state index is 0.375. The van der Waals surface area contributed by atoms with E-state index in [0.717, 1.165) is 31.8 Å². The Morgan fingerprint density at radius 3 is 2.46 bits per heavy atom. The van der Waals surface area contributed by atoms with Crippen molar-refractivity contribution in [2.24, 2.45) is 0 Å². The number of pyridine rings is 1. The van der Waals surface area contributed by atoms with E-state index >= 15 is 4.39 Å². The third kappa shape index (κ3) is 5.63. The van der Waals surface area contributed by atoms with E-state index in [9.17, 15) is 9.66 Å². The lowest BCUT2D eigenvalue weighted by Crippen LogP contribution is -2.41. The maximum absolute atomic E-state index is 15.1. The van der Waals surface area contributed by atoms with Crippen molar-refractivity contribution >= 4 is 48.7 Å². The highest BCUT2D eigenvalue weighted by Gasteiger charge is 2.33. The summed E-state index contributed by atoms with van der Waals surface area (Å²) >= 11 is 3.59. The third-order valence-electron chi connectivity index (χ3n) is 5.66. The van der Waals surface area contributed by atoms with E-state index in [0.29, 0.717) is 10.0 Å². The fourth-order valence-corrected chi connectivity index (χ4v) is 6.42. The van der Waals surface area contributed by atoms with Crippen LogP contribution in [-0.2, 0) is 17.0 Å². The van der Waals surface area contributed by atoms with E-state index in [2.05, 4.69) is 25.6 Å². The van der Waals surface area contributed by atoms with Gasteiger partial charge < -0.3 is 9.66 Å². The molecule has 4 rings (SSSR count). The maximum Gasteiger partial charge on any atom is 0.136 e. The van der Waals surface area contributed by atoms with Gasteiger partial charge in [-0.1, -0.05) is 40.2 Å². The van der Waals surface area contributed by atoms with Crippen LogP contribution in [0.15, 0.2) is 65.3 Å². The van der Waals surface area contributed by atoms with Crippen LogP contribution in [0.2, 0.25) is 0 Å². The van der Waals surface area contributed by atoms with Crippen molar-refractivity contribution in [1.29, 1.82) is 0 Å². The fraction of sp³-hybridized carbons (Fsp3) is 0.296. The summed E-state index contributed by atoms with van der Waals surface area (Å²) < 4.78 is 32.5. The summed E-state index contributed by atoms with van der Waals surface area (Å²) in [5, 5.41) is 11.5. The van der Waals surface area contributed by atoms with Crippen molar-refractivity contribution in [3.8, 4) is 11.3 Å². The average Bonchev–Trinajstić information content (AvgIpc) is 3.21. The first-order valence-electron chi connectivity index (χ1n) is 11.2. The van der Waals surface area contributed by atoms with Crippen LogP contribution < -0.4 is 4.72 Å². The summed E-state index contributed by atoms with van der Waals surface area (Å²) in [7, 11) is 0. The van der Waals surface area contributed by atoms with Gasteiger partial charge in [0.05, 0.1) is 11.3 Å². The zero-order chi connectivity index (χ0) is 25.5. The van der Waals surface area contributed by atoms with Crippen molar-refractivity contribution < 1.29 is 14.0 Å². The molecular weight excluding hydrogens is 547 g/mol. The average molecular weight is 576 g/mol. The van der Waals surface area contributed by atoms with Gasteiger partial charge >= 0.3 is 0 Å². The van der Waals surface area contributed by atoms with Gasteiger partial charge in [0.15, 0.2) is 0 Å². The van der Waals surface area contributed by atoms with Gasteiger partial charge in [0.2, 0.25) is 0 Å². The molecule has 8 heteroatoms. The molecule has 2 atom stereocenters. The van der Waals surface area contributed by atoms with Gasteiger partial charge in [-0.25, -0.2) is 4.39 Å². The molecule has 2 heterocycles. The second-order valence-corrected chi connectivity index (χ2v) is 13.9. The van der Waals surface area contributed by atoms with E-state index in [4.69, 9.17) is 0 Å². The number of benzene rings is 2. The highest BCUT2D eigenvalue weighted by Crippen LogP contribution is 2.41. The number of rotatable bonds is 6. The van der Waals surface area contributed by atoms with Crippen molar-refractivity contribution in [3.05, 3.63) is 87.1 Å². The monoisotopic (exact) mass is 574 g/mol. The molecule has 0 bridgehead atoms. The van der Waals surface area contributed by atoms with Crippen molar-refractivity contribution in [2.75, 3.05) is 0 Å². The summed E-state index contributed by atoms with van der Waals surface area (Å²) in [5.74, 6) is -0.375. The van der Waals surface area contributed by atoms with Gasteiger partial charge in [-0.15, -0.1) is 16.1 Å². The van der Waals surface area contributed by atoms with Crippen LogP contribution in [0.5, 0.6) is 0 Å². The van der Waals surface area contributed by atoms with Gasteiger partial charge in [-0.2, -0.15) is 0 Å². The second-order valence-electron chi connectivity index (χ2n) is 9.93. The molecule has 0 aliphatic rings.